The summed E-state index contributed by atoms with van der Waals surface area (Å²) >= 11 is 0. The highest BCUT2D eigenvalue weighted by Crippen LogP contribution is 2.19. The second-order valence-corrected chi connectivity index (χ2v) is 4.30. The predicted octanol–water partition coefficient (Wildman–Crippen LogP) is 2.07. The summed E-state index contributed by atoms with van der Waals surface area (Å²) in [6.07, 6.45) is 0.935. The molecule has 3 heteroatoms. The van der Waals surface area contributed by atoms with Crippen LogP contribution >= 0.6 is 0 Å². The molecule has 0 spiro atoms. The Kier molecular flexibility index (Phi) is 2.86. The van der Waals surface area contributed by atoms with Gasteiger partial charge in [-0.3, -0.25) is 0 Å². The van der Waals surface area contributed by atoms with Gasteiger partial charge in [0, 0.05) is 6.07 Å². The summed E-state index contributed by atoms with van der Waals surface area (Å²) < 4.78 is 4.93. The molecule has 0 aliphatic carbocycles. The van der Waals surface area contributed by atoms with Gasteiger partial charge in [-0.15, -0.1) is 5.10 Å². The van der Waals surface area contributed by atoms with Crippen molar-refractivity contribution in [2.75, 3.05) is 7.11 Å². The summed E-state index contributed by atoms with van der Waals surface area (Å²) in [6, 6.07) is 3.80. The second kappa shape index (κ2) is 3.73. The molecule has 0 unspecified atom stereocenters. The lowest BCUT2D eigenvalue weighted by Crippen LogP contribution is -2.10. The zero-order valence-corrected chi connectivity index (χ0v) is 8.66. The van der Waals surface area contributed by atoms with Gasteiger partial charge in [-0.2, -0.15) is 5.10 Å². The van der Waals surface area contributed by atoms with Gasteiger partial charge in [0.15, 0.2) is 0 Å². The summed E-state index contributed by atoms with van der Waals surface area (Å²) in [5.74, 6) is 0.567. The van der Waals surface area contributed by atoms with Gasteiger partial charge >= 0.3 is 0 Å². The molecule has 1 aromatic rings. The Morgan fingerprint density at radius 1 is 1.23 bits per heavy atom. The van der Waals surface area contributed by atoms with Crippen LogP contribution in [0.4, 0.5) is 0 Å². The Balaban J connectivity index is 2.70. The maximum atomic E-state index is 4.93. The lowest BCUT2D eigenvalue weighted by molar-refractivity contribution is 0.382. The van der Waals surface area contributed by atoms with E-state index in [0.717, 1.165) is 12.1 Å². The third kappa shape index (κ3) is 3.40. The molecule has 0 fully saturated rings. The second-order valence-electron chi connectivity index (χ2n) is 4.30. The van der Waals surface area contributed by atoms with E-state index >= 15 is 0 Å². The molecule has 0 saturated carbocycles. The number of rotatable bonds is 2. The van der Waals surface area contributed by atoms with Crippen LogP contribution in [0, 0.1) is 5.41 Å². The number of hydrogen-bond donors (Lipinski definition) is 0. The first-order valence-electron chi connectivity index (χ1n) is 4.38. The fourth-order valence-corrected chi connectivity index (χ4v) is 1.09. The molecule has 1 aromatic heterocycles. The summed E-state index contributed by atoms with van der Waals surface area (Å²) in [4.78, 5) is 0. The van der Waals surface area contributed by atoms with Crippen molar-refractivity contribution in [2.24, 2.45) is 5.41 Å². The van der Waals surface area contributed by atoms with Gasteiger partial charge in [0.1, 0.15) is 0 Å². The van der Waals surface area contributed by atoms with Gasteiger partial charge in [-0.1, -0.05) is 20.8 Å². The van der Waals surface area contributed by atoms with Crippen LogP contribution in [0.3, 0.4) is 0 Å². The molecule has 0 aliphatic heterocycles. The Morgan fingerprint density at radius 2 is 1.92 bits per heavy atom. The smallest absolute Gasteiger partial charge is 0.233 e. The highest BCUT2D eigenvalue weighted by Gasteiger charge is 2.12. The van der Waals surface area contributed by atoms with E-state index in [1.54, 1.807) is 7.11 Å². The lowest BCUT2D eigenvalue weighted by atomic mass is 9.90. The van der Waals surface area contributed by atoms with E-state index in [4.69, 9.17) is 4.74 Å². The molecule has 0 aliphatic rings. The van der Waals surface area contributed by atoms with E-state index in [2.05, 4.69) is 31.0 Å². The van der Waals surface area contributed by atoms with E-state index in [0.29, 0.717) is 5.88 Å². The Hall–Kier alpha value is -1.12. The van der Waals surface area contributed by atoms with Gasteiger partial charge in [0.25, 0.3) is 0 Å². The van der Waals surface area contributed by atoms with Crippen LogP contribution in [0.5, 0.6) is 5.88 Å². The fourth-order valence-electron chi connectivity index (χ4n) is 1.09. The van der Waals surface area contributed by atoms with Crippen molar-refractivity contribution in [3.63, 3.8) is 0 Å². The maximum absolute atomic E-state index is 4.93. The number of methoxy groups -OCH3 is 1. The first kappa shape index (κ1) is 9.96. The molecule has 0 N–H and O–H groups in total. The van der Waals surface area contributed by atoms with Crippen molar-refractivity contribution < 1.29 is 4.74 Å². The quantitative estimate of drug-likeness (QED) is 0.699. The minimum absolute atomic E-state index is 0.253. The van der Waals surface area contributed by atoms with Crippen LogP contribution in [-0.4, -0.2) is 17.3 Å². The monoisotopic (exact) mass is 180 g/mol. The number of ether oxygens (including phenoxy) is 1. The van der Waals surface area contributed by atoms with Gasteiger partial charge < -0.3 is 4.74 Å². The zero-order valence-electron chi connectivity index (χ0n) is 8.66. The predicted molar refractivity (Wildman–Crippen MR) is 51.7 cm³/mol. The fraction of sp³-hybridized carbons (Fsp3) is 0.600. The molecule has 1 rings (SSSR count). The van der Waals surface area contributed by atoms with Gasteiger partial charge in [0.2, 0.25) is 5.88 Å². The summed E-state index contributed by atoms with van der Waals surface area (Å²) in [6.45, 7) is 6.54. The first-order chi connectivity index (χ1) is 6.01. The van der Waals surface area contributed by atoms with E-state index in [-0.39, 0.29) is 5.41 Å². The summed E-state index contributed by atoms with van der Waals surface area (Å²) in [7, 11) is 1.59. The van der Waals surface area contributed by atoms with Crippen molar-refractivity contribution in [3.05, 3.63) is 17.8 Å². The van der Waals surface area contributed by atoms with E-state index in [1.807, 2.05) is 12.1 Å². The molecule has 1 heterocycles. The molecule has 0 radical (unpaired) electrons. The topological polar surface area (TPSA) is 35.0 Å². The molecule has 0 atom stereocenters. The van der Waals surface area contributed by atoms with Crippen LogP contribution in [-0.2, 0) is 6.42 Å². The van der Waals surface area contributed by atoms with Crippen LogP contribution in [0.1, 0.15) is 26.5 Å². The molecule has 0 aromatic carbocycles. The minimum Gasteiger partial charge on any atom is -0.480 e. The number of nitrogens with zero attached hydrogens (tertiary/aromatic N) is 2. The molecule has 0 amide bonds. The largest absolute Gasteiger partial charge is 0.480 e. The van der Waals surface area contributed by atoms with Gasteiger partial charge in [0.05, 0.1) is 12.8 Å². The zero-order chi connectivity index (χ0) is 9.90. The van der Waals surface area contributed by atoms with Crippen molar-refractivity contribution in [2.45, 2.75) is 27.2 Å². The van der Waals surface area contributed by atoms with Crippen LogP contribution in [0.15, 0.2) is 12.1 Å². The molecule has 72 valence electrons. The third-order valence-corrected chi connectivity index (χ3v) is 1.62. The Labute approximate surface area is 79.1 Å². The number of hydrogen-bond acceptors (Lipinski definition) is 3. The maximum Gasteiger partial charge on any atom is 0.233 e. The summed E-state index contributed by atoms with van der Waals surface area (Å²) in [5.41, 5.74) is 1.26. The Morgan fingerprint density at radius 3 is 2.31 bits per heavy atom. The standard InChI is InChI=1S/C10H16N2O/c1-10(2,3)7-8-5-6-9(13-4)12-11-8/h5-6H,7H2,1-4H3. The van der Waals surface area contributed by atoms with Gasteiger partial charge in [-0.05, 0) is 17.9 Å². The van der Waals surface area contributed by atoms with Crippen molar-refractivity contribution >= 4 is 0 Å². The average Bonchev–Trinajstić information content (AvgIpc) is 2.03. The Bertz CT molecular complexity index is 261. The average molecular weight is 180 g/mol. The summed E-state index contributed by atoms with van der Waals surface area (Å²) in [5, 5.41) is 7.97. The molecule has 0 bridgehead atoms. The molecule has 13 heavy (non-hydrogen) atoms. The first-order valence-corrected chi connectivity index (χ1v) is 4.38. The number of aromatic nitrogens is 2. The van der Waals surface area contributed by atoms with Crippen molar-refractivity contribution in [3.8, 4) is 5.88 Å². The molecule has 0 saturated heterocycles. The molecule has 3 nitrogen and oxygen atoms in total. The minimum atomic E-state index is 0.253. The van der Waals surface area contributed by atoms with E-state index < -0.39 is 0 Å². The highest BCUT2D eigenvalue weighted by atomic mass is 16.5. The highest BCUT2D eigenvalue weighted by molar-refractivity contribution is 5.12. The van der Waals surface area contributed by atoms with Crippen molar-refractivity contribution in [1.82, 2.24) is 10.2 Å². The normalized spacial score (nSPS) is 11.4. The third-order valence-electron chi connectivity index (χ3n) is 1.62. The van der Waals surface area contributed by atoms with Crippen LogP contribution < -0.4 is 4.74 Å². The SMILES string of the molecule is COc1ccc(CC(C)(C)C)nn1. The van der Waals surface area contributed by atoms with E-state index in [1.165, 1.54) is 0 Å². The molecular formula is C10H16N2O. The lowest BCUT2D eigenvalue weighted by Gasteiger charge is -2.16. The molecular weight excluding hydrogens is 164 g/mol. The van der Waals surface area contributed by atoms with Gasteiger partial charge in [-0.25, -0.2) is 0 Å². The van der Waals surface area contributed by atoms with E-state index in [9.17, 15) is 0 Å². The van der Waals surface area contributed by atoms with Crippen LogP contribution in [0.25, 0.3) is 0 Å². The van der Waals surface area contributed by atoms with Crippen molar-refractivity contribution in [1.29, 1.82) is 0 Å². The van der Waals surface area contributed by atoms with Crippen LogP contribution in [0.2, 0.25) is 0 Å².